The molecule has 0 bridgehead atoms. The predicted molar refractivity (Wildman–Crippen MR) is 129 cm³/mol. The zero-order chi connectivity index (χ0) is 30.1. The van der Waals surface area contributed by atoms with Gasteiger partial charge in [0.15, 0.2) is 0 Å². The van der Waals surface area contributed by atoms with E-state index in [9.17, 15) is 27.6 Å². The minimum absolute atomic E-state index is 0.172. The Kier molecular flexibility index (Phi) is 12.3. The summed E-state index contributed by atoms with van der Waals surface area (Å²) in [6.07, 6.45) is -1.24. The maximum atomic E-state index is 13.0. The summed E-state index contributed by atoms with van der Waals surface area (Å²) in [6, 6.07) is -1.20. The van der Waals surface area contributed by atoms with Gasteiger partial charge < -0.3 is 23.9 Å². The molecule has 11 nitrogen and oxygen atoms in total. The number of hydrogen-bond donors (Lipinski definition) is 1. The van der Waals surface area contributed by atoms with Gasteiger partial charge in [0.2, 0.25) is 0 Å². The van der Waals surface area contributed by atoms with E-state index in [0.717, 1.165) is 4.90 Å². The average Bonchev–Trinajstić information content (AvgIpc) is 3.16. The number of ether oxygens (including phenoxy) is 3. The first-order chi connectivity index (χ1) is 16.9. The molecule has 1 aromatic heterocycles. The van der Waals surface area contributed by atoms with Crippen molar-refractivity contribution < 1.29 is 51.7 Å². The first kappa shape index (κ1) is 34.7. The number of amides is 2. The van der Waals surface area contributed by atoms with Gasteiger partial charge in [-0.1, -0.05) is 0 Å². The third kappa shape index (κ3) is 15.1. The molecule has 0 unspecified atom stereocenters. The van der Waals surface area contributed by atoms with Gasteiger partial charge in [-0.2, -0.15) is 18.1 Å². The lowest BCUT2D eigenvalue weighted by molar-refractivity contribution is -0.192. The summed E-state index contributed by atoms with van der Waals surface area (Å²) in [6.45, 7) is 15.8. The molecule has 2 amide bonds. The number of aromatic nitrogens is 2. The second kappa shape index (κ2) is 13.5. The van der Waals surface area contributed by atoms with Crippen LogP contribution < -0.4 is 0 Å². The number of imidazole rings is 1. The average molecular weight is 554 g/mol. The van der Waals surface area contributed by atoms with Crippen LogP contribution in [-0.2, 0) is 30.3 Å². The second-order valence-corrected chi connectivity index (χ2v) is 11.1. The highest BCUT2D eigenvalue weighted by Gasteiger charge is 2.42. The summed E-state index contributed by atoms with van der Waals surface area (Å²) < 4.78 is 49.9. The van der Waals surface area contributed by atoms with Gasteiger partial charge in [-0.25, -0.2) is 24.2 Å². The van der Waals surface area contributed by atoms with Crippen LogP contribution in [0.3, 0.4) is 0 Å². The van der Waals surface area contributed by atoms with E-state index in [2.05, 4.69) is 4.98 Å². The zero-order valence-corrected chi connectivity index (χ0v) is 23.2. The number of aryl methyl sites for hydroxylation is 1. The quantitative estimate of drug-likeness (QED) is 0.373. The molecule has 218 valence electrons. The lowest BCUT2D eigenvalue weighted by Gasteiger charge is -2.33. The molecule has 1 rings (SSSR count). The van der Waals surface area contributed by atoms with Crippen LogP contribution in [0.1, 0.15) is 75.2 Å². The summed E-state index contributed by atoms with van der Waals surface area (Å²) >= 11 is 0. The molecule has 1 atom stereocenters. The van der Waals surface area contributed by atoms with Gasteiger partial charge in [-0.15, -0.1) is 0 Å². The van der Waals surface area contributed by atoms with E-state index in [1.54, 1.807) is 81.0 Å². The molecular weight excluding hydrogens is 515 g/mol. The highest BCUT2D eigenvalue weighted by atomic mass is 19.4. The van der Waals surface area contributed by atoms with Crippen molar-refractivity contribution in [1.29, 1.82) is 0 Å². The van der Waals surface area contributed by atoms with Crippen LogP contribution in [0.25, 0.3) is 0 Å². The number of esters is 1. The van der Waals surface area contributed by atoms with E-state index >= 15 is 0 Å². The summed E-state index contributed by atoms with van der Waals surface area (Å²) in [5.74, 6) is -3.46. The Hall–Kier alpha value is -3.32. The predicted octanol–water partition coefficient (Wildman–Crippen LogP) is 5.18. The second-order valence-electron chi connectivity index (χ2n) is 11.1. The molecule has 0 fully saturated rings. The number of alkyl halides is 3. The van der Waals surface area contributed by atoms with Crippen LogP contribution >= 0.6 is 0 Å². The van der Waals surface area contributed by atoms with Crippen molar-refractivity contribution in [1.82, 2.24) is 14.5 Å². The molecule has 0 saturated carbocycles. The Balaban J connectivity index is 0.00000171. The lowest BCUT2D eigenvalue weighted by Crippen LogP contribution is -2.53. The normalized spacial score (nSPS) is 12.9. The maximum Gasteiger partial charge on any atom is 0.490 e. The van der Waals surface area contributed by atoms with Crippen molar-refractivity contribution in [2.75, 3.05) is 0 Å². The van der Waals surface area contributed by atoms with Crippen LogP contribution in [0.5, 0.6) is 0 Å². The van der Waals surface area contributed by atoms with Crippen LogP contribution in [0.2, 0.25) is 0 Å². The molecule has 1 heterocycles. The molecule has 0 saturated heterocycles. The van der Waals surface area contributed by atoms with Crippen LogP contribution in [-0.4, -0.2) is 72.7 Å². The molecule has 0 aromatic carbocycles. The lowest BCUT2D eigenvalue weighted by atomic mass is 10.1. The first-order valence-electron chi connectivity index (χ1n) is 11.7. The number of halogens is 3. The molecule has 0 aliphatic carbocycles. The number of carboxylic acids is 1. The van der Waals surface area contributed by atoms with Gasteiger partial charge in [0.1, 0.15) is 22.8 Å². The summed E-state index contributed by atoms with van der Waals surface area (Å²) in [7, 11) is 0. The Labute approximate surface area is 220 Å². The van der Waals surface area contributed by atoms with Crippen molar-refractivity contribution in [2.45, 2.75) is 111 Å². The van der Waals surface area contributed by atoms with Crippen molar-refractivity contribution in [3.63, 3.8) is 0 Å². The van der Waals surface area contributed by atoms with E-state index in [1.807, 2.05) is 4.57 Å². The maximum absolute atomic E-state index is 13.0. The Bertz CT molecular complexity index is 900. The molecule has 1 aromatic rings. The molecule has 14 heteroatoms. The van der Waals surface area contributed by atoms with Crippen molar-refractivity contribution >= 4 is 24.1 Å². The SMILES string of the molecule is CC(C)(C)OC(=O)[C@H](CCCn1ccnc1)N(C(=O)OC(C)(C)C)C(=O)OC(C)(C)C.O=C(O)C(F)(F)F. The molecule has 0 aliphatic rings. The molecule has 38 heavy (non-hydrogen) atoms. The van der Waals surface area contributed by atoms with Gasteiger partial charge >= 0.3 is 30.3 Å². The molecule has 1 N–H and O–H groups in total. The van der Waals surface area contributed by atoms with E-state index in [-0.39, 0.29) is 6.42 Å². The van der Waals surface area contributed by atoms with Gasteiger partial charge in [-0.05, 0) is 75.2 Å². The van der Waals surface area contributed by atoms with Gasteiger partial charge in [0, 0.05) is 18.9 Å². The molecular formula is C24H38F3N3O8. The van der Waals surface area contributed by atoms with Crippen LogP contribution in [0.15, 0.2) is 18.7 Å². The largest absolute Gasteiger partial charge is 0.490 e. The molecule has 0 aliphatic heterocycles. The standard InChI is InChI=1S/C22H37N3O6.C2HF3O2/c1-20(2,3)29-17(26)16(11-10-13-24-14-12-23-15-24)25(18(27)30-21(4,5)6)19(28)31-22(7,8)9;3-2(4,5)1(6)7/h12,14-16H,10-11,13H2,1-9H3;(H,6,7)/t16-;/m0./s1. The number of rotatable bonds is 6. The Morgan fingerprint density at radius 1 is 0.868 bits per heavy atom. The minimum atomic E-state index is -5.08. The zero-order valence-electron chi connectivity index (χ0n) is 23.2. The van der Waals surface area contributed by atoms with E-state index < -0.39 is 53.1 Å². The van der Waals surface area contributed by atoms with E-state index in [0.29, 0.717) is 13.0 Å². The summed E-state index contributed by atoms with van der Waals surface area (Å²) in [5.41, 5.74) is -2.54. The highest BCUT2D eigenvalue weighted by molar-refractivity contribution is 5.94. The van der Waals surface area contributed by atoms with Crippen molar-refractivity contribution in [2.24, 2.45) is 0 Å². The van der Waals surface area contributed by atoms with Gasteiger partial charge in [-0.3, -0.25) is 0 Å². The highest BCUT2D eigenvalue weighted by Crippen LogP contribution is 2.22. The van der Waals surface area contributed by atoms with Crippen LogP contribution in [0, 0.1) is 0 Å². The van der Waals surface area contributed by atoms with Crippen molar-refractivity contribution in [3.8, 4) is 0 Å². The number of carbonyl (C=O) groups excluding carboxylic acids is 3. The topological polar surface area (TPSA) is 137 Å². The smallest absolute Gasteiger partial charge is 0.475 e. The number of imide groups is 1. The fraction of sp³-hybridized carbons (Fsp3) is 0.708. The number of aliphatic carboxylic acids is 1. The molecule has 0 radical (unpaired) electrons. The number of carboxylic acid groups (broad SMARTS) is 1. The van der Waals surface area contributed by atoms with Crippen LogP contribution in [0.4, 0.5) is 22.8 Å². The van der Waals surface area contributed by atoms with E-state index in [4.69, 9.17) is 24.1 Å². The monoisotopic (exact) mass is 553 g/mol. The van der Waals surface area contributed by atoms with Gasteiger partial charge in [0.05, 0.1) is 6.33 Å². The Morgan fingerprint density at radius 2 is 1.29 bits per heavy atom. The number of nitrogens with zero attached hydrogens (tertiary/aromatic N) is 3. The number of hydrogen-bond acceptors (Lipinski definition) is 8. The summed E-state index contributed by atoms with van der Waals surface area (Å²) in [4.78, 5) is 52.6. The third-order valence-electron chi connectivity index (χ3n) is 3.87. The van der Waals surface area contributed by atoms with Crippen molar-refractivity contribution in [3.05, 3.63) is 18.7 Å². The fourth-order valence-corrected chi connectivity index (χ4v) is 2.56. The minimum Gasteiger partial charge on any atom is -0.475 e. The Morgan fingerprint density at radius 3 is 1.61 bits per heavy atom. The molecule has 0 spiro atoms. The fourth-order valence-electron chi connectivity index (χ4n) is 2.56. The van der Waals surface area contributed by atoms with E-state index in [1.165, 1.54) is 0 Å². The number of carbonyl (C=O) groups is 4. The van der Waals surface area contributed by atoms with Gasteiger partial charge in [0.25, 0.3) is 0 Å². The first-order valence-corrected chi connectivity index (χ1v) is 11.7. The third-order valence-corrected chi connectivity index (χ3v) is 3.87. The summed E-state index contributed by atoms with van der Waals surface area (Å²) in [5, 5.41) is 7.12.